The Morgan fingerprint density at radius 2 is 2.05 bits per heavy atom. The first-order valence-electron chi connectivity index (χ1n) is 7.91. The van der Waals surface area contributed by atoms with Gasteiger partial charge in [0.15, 0.2) is 0 Å². The lowest BCUT2D eigenvalue weighted by Gasteiger charge is -2.27. The monoisotopic (exact) mass is 283 g/mol. The summed E-state index contributed by atoms with van der Waals surface area (Å²) in [5.41, 5.74) is 9.10. The molecule has 112 valence electrons. The minimum absolute atomic E-state index is 0.768. The summed E-state index contributed by atoms with van der Waals surface area (Å²) in [6.07, 6.45) is 10.7. The number of nitrogens with two attached hydrogens (primary N) is 1. The molecule has 2 N–H and O–H groups in total. The van der Waals surface area contributed by atoms with Crippen LogP contribution in [-0.4, -0.2) is 42.5 Å². The molecule has 21 heavy (non-hydrogen) atoms. The van der Waals surface area contributed by atoms with Crippen LogP contribution in [0.3, 0.4) is 0 Å². The van der Waals surface area contributed by atoms with Crippen LogP contribution in [0.15, 0.2) is 42.6 Å². The molecule has 0 aliphatic carbocycles. The quantitative estimate of drug-likeness (QED) is 0.862. The molecule has 1 aromatic rings. The molecule has 2 aliphatic rings. The van der Waals surface area contributed by atoms with Gasteiger partial charge in [0.1, 0.15) is 0 Å². The van der Waals surface area contributed by atoms with Crippen molar-refractivity contribution in [2.45, 2.75) is 25.3 Å². The molecular formula is C18H25N3. The molecule has 1 aromatic carbocycles. The molecule has 1 atom stereocenters. The van der Waals surface area contributed by atoms with Gasteiger partial charge in [-0.2, -0.15) is 0 Å². The van der Waals surface area contributed by atoms with Gasteiger partial charge in [-0.15, -0.1) is 0 Å². The van der Waals surface area contributed by atoms with E-state index in [1.54, 1.807) is 0 Å². The van der Waals surface area contributed by atoms with Gasteiger partial charge in [-0.3, -0.25) is 0 Å². The largest absolute Gasteiger partial charge is 0.399 e. The number of allylic oxidation sites excluding steroid dienone is 2. The number of likely N-dealkylation sites (tertiary alicyclic amines) is 1. The van der Waals surface area contributed by atoms with Crippen LogP contribution in [0.5, 0.6) is 0 Å². The van der Waals surface area contributed by atoms with Crippen molar-refractivity contribution in [1.82, 2.24) is 9.80 Å². The predicted octanol–water partition coefficient (Wildman–Crippen LogP) is 2.97. The summed E-state index contributed by atoms with van der Waals surface area (Å²) in [5.74, 6) is 0. The SMILES string of the molecule is CN1CCCC1CCN1C=C(c2ccc(N)cc2)C=CC1. The average molecular weight is 283 g/mol. The van der Waals surface area contributed by atoms with E-state index in [-0.39, 0.29) is 0 Å². The smallest absolute Gasteiger partial charge is 0.0357 e. The van der Waals surface area contributed by atoms with Gasteiger partial charge >= 0.3 is 0 Å². The van der Waals surface area contributed by atoms with Crippen LogP contribution < -0.4 is 5.73 Å². The average Bonchev–Trinajstić information content (AvgIpc) is 2.91. The first-order valence-corrected chi connectivity index (χ1v) is 7.91. The van der Waals surface area contributed by atoms with Crippen LogP contribution in [-0.2, 0) is 0 Å². The number of benzene rings is 1. The first-order chi connectivity index (χ1) is 10.2. The number of nitrogens with zero attached hydrogens (tertiary/aromatic N) is 2. The Kier molecular flexibility index (Phi) is 4.30. The number of nitrogen functional groups attached to an aromatic ring is 1. The van der Waals surface area contributed by atoms with Gasteiger partial charge in [-0.05, 0) is 56.1 Å². The summed E-state index contributed by atoms with van der Waals surface area (Å²) >= 11 is 0. The number of hydrogen-bond donors (Lipinski definition) is 1. The van der Waals surface area contributed by atoms with Crippen molar-refractivity contribution in [3.63, 3.8) is 0 Å². The third-order valence-electron chi connectivity index (χ3n) is 4.62. The van der Waals surface area contributed by atoms with E-state index in [2.05, 4.69) is 47.3 Å². The summed E-state index contributed by atoms with van der Waals surface area (Å²) in [5, 5.41) is 0. The zero-order valence-electron chi connectivity index (χ0n) is 12.8. The standard InChI is InChI=1S/C18H25N3/c1-20-11-3-5-18(20)10-13-21-12-2-4-16(14-21)15-6-8-17(19)9-7-15/h2,4,6-9,14,18H,3,5,10-13,19H2,1H3. The topological polar surface area (TPSA) is 32.5 Å². The van der Waals surface area contributed by atoms with Crippen molar-refractivity contribution < 1.29 is 0 Å². The number of anilines is 1. The summed E-state index contributed by atoms with van der Waals surface area (Å²) in [7, 11) is 2.25. The van der Waals surface area contributed by atoms with Crippen molar-refractivity contribution in [2.24, 2.45) is 0 Å². The van der Waals surface area contributed by atoms with Gasteiger partial charge in [-0.1, -0.05) is 24.3 Å². The Hall–Kier alpha value is -1.74. The highest BCUT2D eigenvalue weighted by molar-refractivity contribution is 5.75. The summed E-state index contributed by atoms with van der Waals surface area (Å²) in [6, 6.07) is 8.90. The predicted molar refractivity (Wildman–Crippen MR) is 89.8 cm³/mol. The molecule has 2 aliphatic heterocycles. The van der Waals surface area contributed by atoms with E-state index in [1.807, 2.05) is 12.1 Å². The van der Waals surface area contributed by atoms with Gasteiger partial charge < -0.3 is 15.5 Å². The number of hydrogen-bond acceptors (Lipinski definition) is 3. The molecule has 3 rings (SSSR count). The highest BCUT2D eigenvalue weighted by Gasteiger charge is 2.21. The third kappa shape index (κ3) is 3.48. The van der Waals surface area contributed by atoms with E-state index in [4.69, 9.17) is 5.73 Å². The van der Waals surface area contributed by atoms with Crippen LogP contribution >= 0.6 is 0 Å². The Bertz CT molecular complexity index is 530. The third-order valence-corrected chi connectivity index (χ3v) is 4.62. The molecule has 0 saturated carbocycles. The molecule has 0 radical (unpaired) electrons. The van der Waals surface area contributed by atoms with Crippen LogP contribution in [0.1, 0.15) is 24.8 Å². The molecule has 0 aromatic heterocycles. The second-order valence-electron chi connectivity index (χ2n) is 6.17. The number of rotatable bonds is 4. The zero-order valence-corrected chi connectivity index (χ0v) is 12.8. The lowest BCUT2D eigenvalue weighted by atomic mass is 10.0. The van der Waals surface area contributed by atoms with Crippen molar-refractivity contribution in [3.05, 3.63) is 48.2 Å². The van der Waals surface area contributed by atoms with Crippen molar-refractivity contribution in [3.8, 4) is 0 Å². The van der Waals surface area contributed by atoms with Crippen LogP contribution in [0, 0.1) is 0 Å². The van der Waals surface area contributed by atoms with E-state index in [0.717, 1.165) is 24.8 Å². The highest BCUT2D eigenvalue weighted by Crippen LogP contribution is 2.23. The normalized spacial score (nSPS) is 22.6. The molecule has 1 saturated heterocycles. The Balaban J connectivity index is 1.62. The fourth-order valence-electron chi connectivity index (χ4n) is 3.27. The van der Waals surface area contributed by atoms with Crippen LogP contribution in [0.4, 0.5) is 5.69 Å². The molecule has 2 heterocycles. The Labute approximate surface area is 127 Å². The molecule has 1 fully saturated rings. The summed E-state index contributed by atoms with van der Waals surface area (Å²) in [4.78, 5) is 4.93. The van der Waals surface area contributed by atoms with Gasteiger partial charge in [0, 0.05) is 31.0 Å². The van der Waals surface area contributed by atoms with E-state index < -0.39 is 0 Å². The molecule has 0 spiro atoms. The van der Waals surface area contributed by atoms with Crippen molar-refractivity contribution in [1.29, 1.82) is 0 Å². The fraction of sp³-hybridized carbons (Fsp3) is 0.444. The highest BCUT2D eigenvalue weighted by atomic mass is 15.2. The minimum Gasteiger partial charge on any atom is -0.399 e. The second kappa shape index (κ2) is 6.35. The van der Waals surface area contributed by atoms with Gasteiger partial charge in [0.05, 0.1) is 0 Å². The zero-order chi connectivity index (χ0) is 14.7. The maximum atomic E-state index is 5.76. The van der Waals surface area contributed by atoms with E-state index in [9.17, 15) is 0 Å². The molecule has 0 amide bonds. The summed E-state index contributed by atoms with van der Waals surface area (Å²) in [6.45, 7) is 3.42. The van der Waals surface area contributed by atoms with E-state index in [1.165, 1.54) is 36.9 Å². The van der Waals surface area contributed by atoms with Crippen molar-refractivity contribution >= 4 is 11.3 Å². The Morgan fingerprint density at radius 3 is 2.76 bits per heavy atom. The molecular weight excluding hydrogens is 258 g/mol. The van der Waals surface area contributed by atoms with Crippen LogP contribution in [0.2, 0.25) is 0 Å². The first kappa shape index (κ1) is 14.2. The van der Waals surface area contributed by atoms with Gasteiger partial charge in [0.2, 0.25) is 0 Å². The Morgan fingerprint density at radius 1 is 1.24 bits per heavy atom. The lowest BCUT2D eigenvalue weighted by Crippen LogP contribution is -2.30. The fourth-order valence-corrected chi connectivity index (χ4v) is 3.27. The maximum Gasteiger partial charge on any atom is 0.0357 e. The molecule has 3 nitrogen and oxygen atoms in total. The minimum atomic E-state index is 0.768. The summed E-state index contributed by atoms with van der Waals surface area (Å²) < 4.78 is 0. The van der Waals surface area contributed by atoms with E-state index in [0.29, 0.717) is 0 Å². The lowest BCUT2D eigenvalue weighted by molar-refractivity contribution is 0.268. The van der Waals surface area contributed by atoms with E-state index >= 15 is 0 Å². The van der Waals surface area contributed by atoms with Crippen molar-refractivity contribution in [2.75, 3.05) is 32.4 Å². The second-order valence-corrected chi connectivity index (χ2v) is 6.17. The van der Waals surface area contributed by atoms with Gasteiger partial charge in [-0.25, -0.2) is 0 Å². The molecule has 1 unspecified atom stereocenters. The maximum absolute atomic E-state index is 5.76. The molecule has 3 heteroatoms. The molecule has 0 bridgehead atoms. The van der Waals surface area contributed by atoms with Gasteiger partial charge in [0.25, 0.3) is 0 Å². The van der Waals surface area contributed by atoms with Crippen LogP contribution in [0.25, 0.3) is 5.57 Å².